The molecule has 1 aromatic carbocycles. The minimum absolute atomic E-state index is 0.0770. The van der Waals surface area contributed by atoms with Crippen LogP contribution in [0.3, 0.4) is 0 Å². The molecule has 11 heteroatoms. The third-order valence-electron chi connectivity index (χ3n) is 6.60. The number of para-hydroxylation sites is 1. The zero-order chi connectivity index (χ0) is 27.0. The van der Waals surface area contributed by atoms with Crippen molar-refractivity contribution in [1.82, 2.24) is 34.6 Å². The van der Waals surface area contributed by atoms with E-state index in [4.69, 9.17) is 9.72 Å². The fourth-order valence-corrected chi connectivity index (χ4v) is 4.98. The van der Waals surface area contributed by atoms with Crippen LogP contribution in [0.5, 0.6) is 0 Å². The Labute approximate surface area is 220 Å². The number of benzene rings is 1. The standard InChI is InChI=1S/C27H34N8O3/c1-6-34-23-21(32-25(34)33-13-9-10-18(15-33)30-26(37)38-27(3,4)5)14-28-35(24(23)36)16-22-29-17(2)19-11-7-8-12-20(19)31-22/h7-8,11-12,14,18H,6,9-10,13,15-16H2,1-5H3,(H,30,37)/t18-/m1/s1. The molecule has 3 aromatic heterocycles. The van der Waals surface area contributed by atoms with Crippen LogP contribution in [0.4, 0.5) is 10.7 Å². The molecule has 1 aliphatic rings. The van der Waals surface area contributed by atoms with Crippen LogP contribution in [0.15, 0.2) is 35.3 Å². The van der Waals surface area contributed by atoms with E-state index >= 15 is 0 Å². The second-order valence-electron chi connectivity index (χ2n) is 10.7. The molecule has 0 saturated carbocycles. The first-order chi connectivity index (χ1) is 18.1. The maximum Gasteiger partial charge on any atom is 0.407 e. The number of alkyl carbamates (subject to hydrolysis) is 1. The molecule has 1 saturated heterocycles. The van der Waals surface area contributed by atoms with Gasteiger partial charge < -0.3 is 19.5 Å². The van der Waals surface area contributed by atoms with Gasteiger partial charge >= 0.3 is 6.09 Å². The summed E-state index contributed by atoms with van der Waals surface area (Å²) in [4.78, 5) is 42.1. The van der Waals surface area contributed by atoms with Crippen molar-refractivity contribution in [3.8, 4) is 0 Å². The van der Waals surface area contributed by atoms with Gasteiger partial charge in [0.25, 0.3) is 5.56 Å². The van der Waals surface area contributed by atoms with E-state index < -0.39 is 11.7 Å². The molecular formula is C27H34N8O3. The third kappa shape index (κ3) is 5.18. The lowest BCUT2D eigenvalue weighted by atomic mass is 10.1. The summed E-state index contributed by atoms with van der Waals surface area (Å²) in [7, 11) is 0. The van der Waals surface area contributed by atoms with E-state index in [1.54, 1.807) is 6.20 Å². The van der Waals surface area contributed by atoms with Gasteiger partial charge in [-0.15, -0.1) is 0 Å². The highest BCUT2D eigenvalue weighted by Crippen LogP contribution is 2.24. The summed E-state index contributed by atoms with van der Waals surface area (Å²) >= 11 is 0. The molecule has 0 aliphatic carbocycles. The van der Waals surface area contributed by atoms with Crippen molar-refractivity contribution >= 4 is 34.0 Å². The predicted molar refractivity (Wildman–Crippen MR) is 145 cm³/mol. The highest BCUT2D eigenvalue weighted by molar-refractivity contribution is 5.80. The maximum atomic E-state index is 13.6. The summed E-state index contributed by atoms with van der Waals surface area (Å²) in [5.41, 5.74) is 1.94. The van der Waals surface area contributed by atoms with Crippen molar-refractivity contribution < 1.29 is 9.53 Å². The number of ether oxygens (including phenoxy) is 1. The number of hydrogen-bond acceptors (Lipinski definition) is 8. The summed E-state index contributed by atoms with van der Waals surface area (Å²) in [5, 5.41) is 8.36. The zero-order valence-electron chi connectivity index (χ0n) is 22.6. The Morgan fingerprint density at radius 2 is 1.95 bits per heavy atom. The summed E-state index contributed by atoms with van der Waals surface area (Å²) in [6.07, 6.45) is 2.93. The molecule has 1 atom stereocenters. The van der Waals surface area contributed by atoms with Crippen LogP contribution in [0.25, 0.3) is 21.9 Å². The van der Waals surface area contributed by atoms with E-state index in [9.17, 15) is 9.59 Å². The number of imidazole rings is 1. The quantitative estimate of drug-likeness (QED) is 0.427. The van der Waals surface area contributed by atoms with Gasteiger partial charge in [0.2, 0.25) is 5.95 Å². The van der Waals surface area contributed by atoms with Gasteiger partial charge in [0.1, 0.15) is 23.2 Å². The Kier molecular flexibility index (Phi) is 6.77. The van der Waals surface area contributed by atoms with E-state index in [0.29, 0.717) is 35.9 Å². The minimum atomic E-state index is -0.557. The Morgan fingerprint density at radius 1 is 1.16 bits per heavy atom. The number of fused-ring (bicyclic) bond motifs is 2. The molecule has 0 unspecified atom stereocenters. The number of carbonyl (C=O) groups excluding carboxylic acids is 1. The Morgan fingerprint density at radius 3 is 2.71 bits per heavy atom. The average Bonchev–Trinajstić information content (AvgIpc) is 3.24. The lowest BCUT2D eigenvalue weighted by Gasteiger charge is -2.34. The van der Waals surface area contributed by atoms with E-state index in [0.717, 1.165) is 36.0 Å². The molecule has 0 bridgehead atoms. The normalized spacial score (nSPS) is 16.2. The number of nitrogens with zero attached hydrogens (tertiary/aromatic N) is 7. The zero-order valence-corrected chi connectivity index (χ0v) is 22.6. The van der Waals surface area contributed by atoms with Gasteiger partial charge in [0, 0.05) is 36.8 Å². The van der Waals surface area contributed by atoms with Crippen LogP contribution in [-0.4, -0.2) is 60.1 Å². The Balaban J connectivity index is 1.42. The number of nitrogens with one attached hydrogen (secondary N) is 1. The van der Waals surface area contributed by atoms with E-state index in [-0.39, 0.29) is 18.1 Å². The fourth-order valence-electron chi connectivity index (χ4n) is 4.98. The van der Waals surface area contributed by atoms with Gasteiger partial charge in [0.15, 0.2) is 5.82 Å². The molecule has 0 radical (unpaired) electrons. The summed E-state index contributed by atoms with van der Waals surface area (Å²) < 4.78 is 8.76. The molecule has 4 aromatic rings. The first-order valence-corrected chi connectivity index (χ1v) is 13.1. The minimum Gasteiger partial charge on any atom is -0.444 e. The number of rotatable bonds is 5. The monoisotopic (exact) mass is 518 g/mol. The highest BCUT2D eigenvalue weighted by atomic mass is 16.6. The molecule has 4 heterocycles. The van der Waals surface area contributed by atoms with Crippen LogP contribution < -0.4 is 15.8 Å². The Bertz CT molecular complexity index is 1550. The molecule has 1 aliphatic heterocycles. The Hall–Kier alpha value is -4.02. The fraction of sp³-hybridized carbons (Fsp3) is 0.481. The molecule has 1 amide bonds. The maximum absolute atomic E-state index is 13.6. The molecular weight excluding hydrogens is 484 g/mol. The molecule has 5 rings (SSSR count). The molecule has 1 fully saturated rings. The smallest absolute Gasteiger partial charge is 0.407 e. The number of carbonyl (C=O) groups is 1. The van der Waals surface area contributed by atoms with Gasteiger partial charge in [-0.3, -0.25) is 4.79 Å². The number of aromatic nitrogens is 6. The SMILES string of the molecule is CCn1c(N2CCC[C@@H](NC(=O)OC(C)(C)C)C2)nc2cnn(Cc3nc(C)c4ccccc4n3)c(=O)c21. The lowest BCUT2D eigenvalue weighted by Crippen LogP contribution is -2.49. The number of amides is 1. The van der Waals surface area contributed by atoms with Crippen LogP contribution >= 0.6 is 0 Å². The van der Waals surface area contributed by atoms with Crippen molar-refractivity contribution in [2.45, 2.75) is 72.2 Å². The van der Waals surface area contributed by atoms with Crippen LogP contribution in [0.2, 0.25) is 0 Å². The van der Waals surface area contributed by atoms with E-state index in [2.05, 4.69) is 25.3 Å². The predicted octanol–water partition coefficient (Wildman–Crippen LogP) is 3.41. The van der Waals surface area contributed by atoms with Crippen molar-refractivity contribution in [3.05, 3.63) is 52.3 Å². The largest absolute Gasteiger partial charge is 0.444 e. The van der Waals surface area contributed by atoms with Gasteiger partial charge in [-0.2, -0.15) is 5.10 Å². The molecule has 200 valence electrons. The number of piperidine rings is 1. The van der Waals surface area contributed by atoms with Gasteiger partial charge in [-0.05, 0) is 53.5 Å². The third-order valence-corrected chi connectivity index (χ3v) is 6.60. The second-order valence-corrected chi connectivity index (χ2v) is 10.7. The number of aryl methyl sites for hydroxylation is 2. The van der Waals surface area contributed by atoms with Gasteiger partial charge in [-0.25, -0.2) is 24.4 Å². The molecule has 38 heavy (non-hydrogen) atoms. The second kappa shape index (κ2) is 10.0. The van der Waals surface area contributed by atoms with Gasteiger partial charge in [0.05, 0.1) is 11.7 Å². The molecule has 1 N–H and O–H groups in total. The average molecular weight is 519 g/mol. The topological polar surface area (TPSA) is 120 Å². The van der Waals surface area contributed by atoms with Crippen LogP contribution in [0, 0.1) is 6.92 Å². The van der Waals surface area contributed by atoms with E-state index in [1.807, 2.05) is 63.5 Å². The van der Waals surface area contributed by atoms with Crippen LogP contribution in [0.1, 0.15) is 52.1 Å². The van der Waals surface area contributed by atoms with Crippen molar-refractivity contribution in [2.75, 3.05) is 18.0 Å². The van der Waals surface area contributed by atoms with Crippen LogP contribution in [-0.2, 0) is 17.8 Å². The van der Waals surface area contributed by atoms with Crippen molar-refractivity contribution in [2.24, 2.45) is 0 Å². The first kappa shape index (κ1) is 25.6. The van der Waals surface area contributed by atoms with Gasteiger partial charge in [-0.1, -0.05) is 18.2 Å². The van der Waals surface area contributed by atoms with Crippen molar-refractivity contribution in [3.63, 3.8) is 0 Å². The first-order valence-electron chi connectivity index (χ1n) is 13.1. The molecule has 0 spiro atoms. The lowest BCUT2D eigenvalue weighted by molar-refractivity contribution is 0.0499. The summed E-state index contributed by atoms with van der Waals surface area (Å²) in [6.45, 7) is 11.6. The number of anilines is 1. The molecule has 11 nitrogen and oxygen atoms in total. The number of hydrogen-bond donors (Lipinski definition) is 1. The highest BCUT2D eigenvalue weighted by Gasteiger charge is 2.28. The summed E-state index contributed by atoms with van der Waals surface area (Å²) in [5.74, 6) is 1.23. The van der Waals surface area contributed by atoms with E-state index in [1.165, 1.54) is 4.68 Å². The summed E-state index contributed by atoms with van der Waals surface area (Å²) in [6, 6.07) is 7.74. The van der Waals surface area contributed by atoms with Crippen molar-refractivity contribution in [1.29, 1.82) is 0 Å².